The van der Waals surface area contributed by atoms with E-state index in [0.717, 1.165) is 5.57 Å². The van der Waals surface area contributed by atoms with E-state index >= 15 is 0 Å². The maximum Gasteiger partial charge on any atom is -0.0398 e. The van der Waals surface area contributed by atoms with Gasteiger partial charge in [-0.2, -0.15) is 0 Å². The molecular formula is C22H28. The Balaban J connectivity index is 0.000000302. The molecule has 22 heavy (non-hydrogen) atoms. The summed E-state index contributed by atoms with van der Waals surface area (Å²) in [5.74, 6) is 0. The van der Waals surface area contributed by atoms with Crippen molar-refractivity contribution in [3.63, 3.8) is 0 Å². The van der Waals surface area contributed by atoms with E-state index in [1.165, 1.54) is 16.7 Å². The fourth-order valence-electron chi connectivity index (χ4n) is 1.40. The van der Waals surface area contributed by atoms with Gasteiger partial charge >= 0.3 is 0 Å². The molecule has 0 radical (unpaired) electrons. The molecule has 0 fully saturated rings. The average molecular weight is 292 g/mol. The third-order valence-electron chi connectivity index (χ3n) is 2.68. The van der Waals surface area contributed by atoms with Crippen molar-refractivity contribution < 1.29 is 0 Å². The highest BCUT2D eigenvalue weighted by atomic mass is 13.9. The summed E-state index contributed by atoms with van der Waals surface area (Å²) in [7, 11) is 0. The van der Waals surface area contributed by atoms with Crippen molar-refractivity contribution in [1.82, 2.24) is 0 Å². The van der Waals surface area contributed by atoms with Gasteiger partial charge in [0.2, 0.25) is 0 Å². The van der Waals surface area contributed by atoms with Crippen molar-refractivity contribution in [3.8, 4) is 0 Å². The van der Waals surface area contributed by atoms with Crippen molar-refractivity contribution in [3.05, 3.63) is 108 Å². The number of aryl methyl sites for hydroxylation is 3. The topological polar surface area (TPSA) is 0 Å². The van der Waals surface area contributed by atoms with Gasteiger partial charge in [0, 0.05) is 0 Å². The lowest BCUT2D eigenvalue weighted by atomic mass is 10.2. The highest BCUT2D eigenvalue weighted by molar-refractivity contribution is 5.19. The van der Waals surface area contributed by atoms with E-state index in [0.29, 0.717) is 0 Å². The van der Waals surface area contributed by atoms with Gasteiger partial charge in [-0.1, -0.05) is 108 Å². The molecule has 0 aliphatic rings. The molecule has 0 bridgehead atoms. The second-order valence-electron chi connectivity index (χ2n) is 5.25. The maximum absolute atomic E-state index is 3.66. The summed E-state index contributed by atoms with van der Waals surface area (Å²) >= 11 is 0. The van der Waals surface area contributed by atoms with Gasteiger partial charge in [0.15, 0.2) is 0 Å². The quantitative estimate of drug-likeness (QED) is 0.547. The molecule has 0 spiro atoms. The first-order valence-electron chi connectivity index (χ1n) is 7.45. The van der Waals surface area contributed by atoms with Gasteiger partial charge in [0.1, 0.15) is 0 Å². The summed E-state index contributed by atoms with van der Waals surface area (Å²) in [6, 6.07) is 18.7. The second kappa shape index (κ2) is 12.4. The molecule has 0 saturated carbocycles. The minimum absolute atomic E-state index is 1.06. The molecule has 116 valence electrons. The Labute approximate surface area is 136 Å². The van der Waals surface area contributed by atoms with Gasteiger partial charge in [0.05, 0.1) is 0 Å². The normalized spacial score (nSPS) is 9.09. The molecule has 0 atom stereocenters. The van der Waals surface area contributed by atoms with Gasteiger partial charge in [-0.15, -0.1) is 0 Å². The molecule has 0 N–H and O–H groups in total. The van der Waals surface area contributed by atoms with Crippen LogP contribution >= 0.6 is 0 Å². The summed E-state index contributed by atoms with van der Waals surface area (Å²) in [5.41, 5.74) is 5.04. The molecule has 0 aliphatic carbocycles. The van der Waals surface area contributed by atoms with Crippen LogP contribution in [0.25, 0.3) is 0 Å². The van der Waals surface area contributed by atoms with Crippen LogP contribution in [0.3, 0.4) is 0 Å². The third kappa shape index (κ3) is 12.7. The zero-order chi connectivity index (χ0) is 16.8. The zero-order valence-electron chi connectivity index (χ0n) is 14.3. The van der Waals surface area contributed by atoms with Crippen LogP contribution in [-0.2, 0) is 0 Å². The number of benzene rings is 2. The Morgan fingerprint density at radius 1 is 0.773 bits per heavy atom. The second-order valence-corrected chi connectivity index (χ2v) is 5.25. The first-order valence-corrected chi connectivity index (χ1v) is 7.45. The minimum Gasteiger partial charge on any atom is -0.0991 e. The lowest BCUT2D eigenvalue weighted by Crippen LogP contribution is -1.70. The molecule has 0 unspecified atom stereocenters. The van der Waals surface area contributed by atoms with E-state index in [1.807, 2.05) is 37.3 Å². The highest BCUT2D eigenvalue weighted by Crippen LogP contribution is 1.99. The van der Waals surface area contributed by atoms with Crippen molar-refractivity contribution in [2.45, 2.75) is 27.7 Å². The molecule has 0 nitrogen and oxygen atoms in total. The monoisotopic (exact) mass is 292 g/mol. The zero-order valence-corrected chi connectivity index (χ0v) is 14.3. The Morgan fingerprint density at radius 3 is 1.41 bits per heavy atom. The summed E-state index contributed by atoms with van der Waals surface area (Å²) in [6.45, 7) is 15.4. The summed E-state index contributed by atoms with van der Waals surface area (Å²) in [4.78, 5) is 0. The molecule has 0 aromatic heterocycles. The number of hydrogen-bond donors (Lipinski definition) is 0. The van der Waals surface area contributed by atoms with E-state index in [2.05, 4.69) is 70.3 Å². The SMILES string of the molecule is C=C/C=C\C(=C)C.Cc1ccc(C)cc1.Cc1ccccc1. The highest BCUT2D eigenvalue weighted by Gasteiger charge is 1.79. The van der Waals surface area contributed by atoms with Crippen LogP contribution in [0.5, 0.6) is 0 Å². The van der Waals surface area contributed by atoms with Gasteiger partial charge in [-0.05, 0) is 27.7 Å². The first-order chi connectivity index (χ1) is 10.5. The number of hydrogen-bond acceptors (Lipinski definition) is 0. The van der Waals surface area contributed by atoms with E-state index in [-0.39, 0.29) is 0 Å². The van der Waals surface area contributed by atoms with Gasteiger partial charge in [-0.3, -0.25) is 0 Å². The van der Waals surface area contributed by atoms with E-state index in [1.54, 1.807) is 6.08 Å². The molecule has 2 rings (SSSR count). The Hall–Kier alpha value is -2.34. The van der Waals surface area contributed by atoms with Crippen molar-refractivity contribution in [2.75, 3.05) is 0 Å². The van der Waals surface area contributed by atoms with Crippen LogP contribution in [-0.4, -0.2) is 0 Å². The van der Waals surface area contributed by atoms with E-state index in [9.17, 15) is 0 Å². The lowest BCUT2D eigenvalue weighted by molar-refractivity contribution is 1.40. The molecule has 0 saturated heterocycles. The first kappa shape index (κ1) is 19.7. The van der Waals surface area contributed by atoms with Crippen LogP contribution in [0, 0.1) is 20.8 Å². The Morgan fingerprint density at radius 2 is 1.18 bits per heavy atom. The molecule has 0 heteroatoms. The smallest absolute Gasteiger partial charge is 0.0398 e. The predicted octanol–water partition coefficient (Wildman–Crippen LogP) is 6.60. The molecule has 0 aliphatic heterocycles. The van der Waals surface area contributed by atoms with Crippen LogP contribution in [0.4, 0.5) is 0 Å². The standard InChI is InChI=1S/C8H10.C7H8.C7H10/c1-7-3-5-8(2)6-4-7;1-7-5-3-2-4-6-7;1-4-5-6-7(2)3/h3-6H,1-2H3;2-6H,1H3;4-6H,1-2H2,3H3/b;;6-5-. The van der Waals surface area contributed by atoms with Gasteiger partial charge < -0.3 is 0 Å². The third-order valence-corrected chi connectivity index (χ3v) is 2.68. The fourth-order valence-corrected chi connectivity index (χ4v) is 1.40. The lowest BCUT2D eigenvalue weighted by Gasteiger charge is -1.90. The molecular weight excluding hydrogens is 264 g/mol. The van der Waals surface area contributed by atoms with Crippen LogP contribution in [0.15, 0.2) is 91.6 Å². The van der Waals surface area contributed by atoms with Crippen molar-refractivity contribution in [1.29, 1.82) is 0 Å². The largest absolute Gasteiger partial charge is 0.0991 e. The molecule has 2 aromatic carbocycles. The van der Waals surface area contributed by atoms with Crippen LogP contribution in [0.1, 0.15) is 23.6 Å². The van der Waals surface area contributed by atoms with Crippen molar-refractivity contribution >= 4 is 0 Å². The predicted molar refractivity (Wildman–Crippen MR) is 101 cm³/mol. The molecule has 0 heterocycles. The Bertz CT molecular complexity index is 536. The average Bonchev–Trinajstić information content (AvgIpc) is 2.50. The van der Waals surface area contributed by atoms with Crippen LogP contribution < -0.4 is 0 Å². The number of rotatable bonds is 2. The van der Waals surface area contributed by atoms with Gasteiger partial charge in [0.25, 0.3) is 0 Å². The van der Waals surface area contributed by atoms with E-state index in [4.69, 9.17) is 0 Å². The van der Waals surface area contributed by atoms with Gasteiger partial charge in [-0.25, -0.2) is 0 Å². The summed E-state index contributed by atoms with van der Waals surface area (Å²) in [6.07, 6.45) is 5.50. The maximum atomic E-state index is 3.66. The minimum atomic E-state index is 1.06. The number of allylic oxidation sites excluding steroid dienone is 4. The van der Waals surface area contributed by atoms with E-state index < -0.39 is 0 Å². The summed E-state index contributed by atoms with van der Waals surface area (Å²) in [5, 5.41) is 0. The fraction of sp³-hybridized carbons (Fsp3) is 0.182. The summed E-state index contributed by atoms with van der Waals surface area (Å²) < 4.78 is 0. The molecule has 2 aromatic rings. The van der Waals surface area contributed by atoms with Crippen LogP contribution in [0.2, 0.25) is 0 Å². The molecule has 0 amide bonds. The van der Waals surface area contributed by atoms with Crippen molar-refractivity contribution in [2.24, 2.45) is 0 Å². The Kier molecular flexibility index (Phi) is 11.1.